The topological polar surface area (TPSA) is 204 Å². The van der Waals surface area contributed by atoms with Crippen LogP contribution < -0.4 is 24.8 Å². The van der Waals surface area contributed by atoms with Crippen molar-refractivity contribution in [2.75, 3.05) is 33.9 Å². The van der Waals surface area contributed by atoms with Gasteiger partial charge in [-0.2, -0.15) is 0 Å². The van der Waals surface area contributed by atoms with Crippen molar-refractivity contribution in [3.8, 4) is 23.0 Å². The van der Waals surface area contributed by atoms with Gasteiger partial charge in [0.25, 0.3) is 0 Å². The summed E-state index contributed by atoms with van der Waals surface area (Å²) < 4.78 is 15.8. The summed E-state index contributed by atoms with van der Waals surface area (Å²) in [6.07, 6.45) is -0.0157. The van der Waals surface area contributed by atoms with Crippen LogP contribution in [0.1, 0.15) is 34.5 Å². The number of methoxy groups -OCH3 is 2. The molecule has 0 radical (unpaired) electrons. The summed E-state index contributed by atoms with van der Waals surface area (Å²) >= 11 is 0. The molecule has 2 aliphatic heterocycles. The van der Waals surface area contributed by atoms with Gasteiger partial charge in [-0.3, -0.25) is 19.3 Å². The SMILES string of the molecule is CCN1CCN(C(=O)NC(C(=O)N[C@H]2Cc3cccc(C(=O)O)c3OB2O)c2cc(OC)c(O)c(OC)c2)C(=O)C1=O. The van der Waals surface area contributed by atoms with E-state index in [2.05, 4.69) is 10.6 Å². The van der Waals surface area contributed by atoms with E-state index in [9.17, 15) is 39.2 Å². The van der Waals surface area contributed by atoms with Gasteiger partial charge in [0.2, 0.25) is 11.7 Å². The van der Waals surface area contributed by atoms with Crippen LogP contribution in [0, 0.1) is 0 Å². The first-order valence-corrected chi connectivity index (χ1v) is 12.9. The van der Waals surface area contributed by atoms with Gasteiger partial charge in [0.05, 0.1) is 25.7 Å². The lowest BCUT2D eigenvalue weighted by Crippen LogP contribution is -2.60. The van der Waals surface area contributed by atoms with E-state index in [1.165, 1.54) is 43.4 Å². The van der Waals surface area contributed by atoms with Gasteiger partial charge in [-0.05, 0) is 42.7 Å². The highest BCUT2D eigenvalue weighted by Crippen LogP contribution is 2.39. The molecule has 1 unspecified atom stereocenters. The lowest BCUT2D eigenvalue weighted by molar-refractivity contribution is -0.153. The molecule has 2 atom stereocenters. The van der Waals surface area contributed by atoms with Crippen molar-refractivity contribution >= 4 is 36.8 Å². The van der Waals surface area contributed by atoms with Crippen LogP contribution in [0.3, 0.4) is 0 Å². The number of hydrogen-bond donors (Lipinski definition) is 5. The van der Waals surface area contributed by atoms with E-state index < -0.39 is 48.8 Å². The highest BCUT2D eigenvalue weighted by molar-refractivity contribution is 6.47. The molecule has 2 aliphatic rings. The Morgan fingerprint density at radius 3 is 2.38 bits per heavy atom. The molecule has 15 nitrogen and oxygen atoms in total. The molecule has 2 heterocycles. The van der Waals surface area contributed by atoms with E-state index in [1.54, 1.807) is 13.0 Å². The third-order valence-electron chi connectivity index (χ3n) is 6.98. The number of benzene rings is 2. The molecule has 16 heteroatoms. The Hall–Kier alpha value is -4.99. The number of carboxylic acids is 1. The zero-order valence-corrected chi connectivity index (χ0v) is 22.9. The Morgan fingerprint density at radius 1 is 1.12 bits per heavy atom. The van der Waals surface area contributed by atoms with Crippen molar-refractivity contribution in [1.82, 2.24) is 20.4 Å². The van der Waals surface area contributed by atoms with Crippen molar-refractivity contribution in [1.29, 1.82) is 0 Å². The number of hydrogen-bond acceptors (Lipinski definition) is 10. The van der Waals surface area contributed by atoms with E-state index in [4.69, 9.17) is 14.1 Å². The van der Waals surface area contributed by atoms with Gasteiger partial charge in [-0.25, -0.2) is 9.59 Å². The summed E-state index contributed by atoms with van der Waals surface area (Å²) in [5, 5.41) is 35.5. The van der Waals surface area contributed by atoms with Crippen molar-refractivity contribution in [3.63, 3.8) is 0 Å². The normalized spacial score (nSPS) is 17.1. The molecule has 222 valence electrons. The van der Waals surface area contributed by atoms with E-state index in [0.29, 0.717) is 10.5 Å². The molecule has 2 aromatic carbocycles. The molecule has 0 bridgehead atoms. The number of piperazine rings is 1. The fourth-order valence-electron chi connectivity index (χ4n) is 4.73. The number of carboxylic acid groups (broad SMARTS) is 1. The molecule has 4 rings (SSSR count). The van der Waals surface area contributed by atoms with Crippen molar-refractivity contribution < 1.29 is 53.3 Å². The number of ether oxygens (including phenoxy) is 2. The lowest BCUT2D eigenvalue weighted by atomic mass is 9.72. The number of para-hydroxylation sites is 1. The Morgan fingerprint density at radius 2 is 1.79 bits per heavy atom. The average Bonchev–Trinajstić information content (AvgIpc) is 2.97. The number of aromatic carboxylic acids is 1. The lowest BCUT2D eigenvalue weighted by Gasteiger charge is -2.33. The second kappa shape index (κ2) is 12.3. The molecule has 1 saturated heterocycles. The number of fused-ring (bicyclic) bond motifs is 1. The molecule has 0 spiro atoms. The van der Waals surface area contributed by atoms with Crippen LogP contribution in [0.2, 0.25) is 0 Å². The van der Waals surface area contributed by atoms with Gasteiger partial charge in [0, 0.05) is 19.6 Å². The number of phenols is 1. The van der Waals surface area contributed by atoms with Gasteiger partial charge in [0.1, 0.15) is 11.8 Å². The van der Waals surface area contributed by atoms with Crippen LogP contribution in [0.5, 0.6) is 23.0 Å². The predicted molar refractivity (Wildman–Crippen MR) is 144 cm³/mol. The smallest absolute Gasteiger partial charge is 0.534 e. The summed E-state index contributed by atoms with van der Waals surface area (Å²) in [5.41, 5.74) is 0.321. The number of phenolic OH excluding ortho intramolecular Hbond substituents is 1. The minimum Gasteiger partial charge on any atom is -0.534 e. The van der Waals surface area contributed by atoms with Gasteiger partial charge in [-0.1, -0.05) is 12.1 Å². The van der Waals surface area contributed by atoms with Gasteiger partial charge in [0.15, 0.2) is 11.5 Å². The quantitative estimate of drug-likeness (QED) is 0.201. The minimum atomic E-state index is -1.65. The number of carbonyl (C=O) groups excluding carboxylic acids is 4. The van der Waals surface area contributed by atoms with E-state index in [-0.39, 0.29) is 60.2 Å². The monoisotopic (exact) mass is 584 g/mol. The number of nitrogens with one attached hydrogen (secondary N) is 2. The third-order valence-corrected chi connectivity index (χ3v) is 6.98. The summed E-state index contributed by atoms with van der Waals surface area (Å²) in [7, 11) is 0.882. The largest absolute Gasteiger partial charge is 0.547 e. The molecule has 1 fully saturated rings. The Labute approximate surface area is 240 Å². The number of aromatic hydroxyl groups is 1. The van der Waals surface area contributed by atoms with E-state index in [0.717, 1.165) is 0 Å². The number of rotatable bonds is 8. The summed E-state index contributed by atoms with van der Waals surface area (Å²) in [6, 6.07) is 4.35. The Bertz CT molecular complexity index is 1410. The van der Waals surface area contributed by atoms with Crippen molar-refractivity contribution in [3.05, 3.63) is 47.0 Å². The fourth-order valence-corrected chi connectivity index (χ4v) is 4.73. The molecular weight excluding hydrogens is 555 g/mol. The zero-order valence-electron chi connectivity index (χ0n) is 22.9. The number of likely N-dealkylation sites (N-methyl/N-ethyl adjacent to an activating group) is 1. The number of urea groups is 1. The van der Waals surface area contributed by atoms with Crippen LogP contribution in [0.15, 0.2) is 30.3 Å². The zero-order chi connectivity index (χ0) is 30.7. The fraction of sp³-hybridized carbons (Fsp3) is 0.346. The number of imide groups is 1. The molecule has 0 aromatic heterocycles. The predicted octanol–water partition coefficient (Wildman–Crippen LogP) is -0.311. The van der Waals surface area contributed by atoms with Crippen LogP contribution >= 0.6 is 0 Å². The van der Waals surface area contributed by atoms with Gasteiger partial charge < -0.3 is 44.9 Å². The van der Waals surface area contributed by atoms with Crippen LogP contribution in [0.4, 0.5) is 4.79 Å². The maximum Gasteiger partial charge on any atom is 0.547 e. The van der Waals surface area contributed by atoms with E-state index in [1.807, 2.05) is 0 Å². The molecular formula is C26H29BN4O11. The first-order chi connectivity index (χ1) is 20.0. The van der Waals surface area contributed by atoms with Gasteiger partial charge >= 0.3 is 30.9 Å². The summed E-state index contributed by atoms with van der Waals surface area (Å²) in [5.74, 6) is -5.71. The second-order valence-electron chi connectivity index (χ2n) is 9.42. The van der Waals surface area contributed by atoms with Gasteiger partial charge in [-0.15, -0.1) is 0 Å². The highest BCUT2D eigenvalue weighted by Gasteiger charge is 2.41. The molecule has 5 amide bonds. The standard InChI is InChI=1S/C26H29BN4O11/c1-4-30-8-9-31(24(35)23(30)34)26(38)29-19(14-10-16(40-2)20(32)17(11-14)41-3)22(33)28-18-12-13-6-5-7-15(25(36)37)21(13)42-27(18)39/h5-7,10-11,18-19,32,39H,4,8-9,12H2,1-3H3,(H,28,33)(H,29,38)(H,36,37)/t18-,19?/m0/s1. The molecule has 5 N–H and O–H groups in total. The second-order valence-corrected chi connectivity index (χ2v) is 9.42. The maximum absolute atomic E-state index is 13.7. The minimum absolute atomic E-state index is 0.0157. The van der Waals surface area contributed by atoms with E-state index >= 15 is 0 Å². The number of nitrogens with zero attached hydrogens (tertiary/aromatic N) is 2. The van der Waals surface area contributed by atoms with Crippen molar-refractivity contribution in [2.45, 2.75) is 25.3 Å². The first kappa shape index (κ1) is 30.0. The third kappa shape index (κ3) is 5.74. The Balaban J connectivity index is 1.64. The first-order valence-electron chi connectivity index (χ1n) is 12.9. The molecule has 2 aromatic rings. The van der Waals surface area contributed by atoms with Crippen molar-refractivity contribution in [2.24, 2.45) is 0 Å². The Kier molecular flexibility index (Phi) is 8.75. The summed E-state index contributed by atoms with van der Waals surface area (Å²) in [4.78, 5) is 65.4. The number of amides is 5. The van der Waals surface area contributed by atoms with Crippen LogP contribution in [0.25, 0.3) is 0 Å². The van der Waals surface area contributed by atoms with Crippen LogP contribution in [-0.2, 0) is 20.8 Å². The maximum atomic E-state index is 13.7. The summed E-state index contributed by atoms with van der Waals surface area (Å²) in [6.45, 7) is 1.96. The molecule has 0 saturated carbocycles. The highest BCUT2D eigenvalue weighted by atomic mass is 16.5. The number of carbonyl (C=O) groups is 5. The molecule has 42 heavy (non-hydrogen) atoms. The van der Waals surface area contributed by atoms with Crippen LogP contribution in [-0.4, -0.2) is 102 Å². The molecule has 0 aliphatic carbocycles. The average molecular weight is 584 g/mol.